The van der Waals surface area contributed by atoms with Gasteiger partial charge in [-0.2, -0.15) is 4.98 Å². The third-order valence-corrected chi connectivity index (χ3v) is 3.32. The van der Waals surface area contributed by atoms with Crippen molar-refractivity contribution in [3.05, 3.63) is 12.0 Å². The van der Waals surface area contributed by atoms with E-state index in [1.165, 1.54) is 6.26 Å². The van der Waals surface area contributed by atoms with E-state index in [4.69, 9.17) is 14.9 Å². The zero-order valence-electron chi connectivity index (χ0n) is 11.0. The van der Waals surface area contributed by atoms with Crippen LogP contribution in [0.3, 0.4) is 0 Å². The maximum absolute atomic E-state index is 11.5. The summed E-state index contributed by atoms with van der Waals surface area (Å²) in [4.78, 5) is 28.7. The Morgan fingerprint density at radius 1 is 1.63 bits per heavy atom. The molecule has 1 aromatic rings. The largest absolute Gasteiger partial charge is 0.461 e. The van der Waals surface area contributed by atoms with E-state index in [1.807, 2.05) is 6.92 Å². The lowest BCUT2D eigenvalue weighted by atomic mass is 9.89. The first-order chi connectivity index (χ1) is 8.96. The van der Waals surface area contributed by atoms with Crippen LogP contribution in [0.15, 0.2) is 10.7 Å². The molecule has 1 aliphatic rings. The van der Waals surface area contributed by atoms with Crippen molar-refractivity contribution in [3.63, 3.8) is 0 Å². The number of nitrogens with two attached hydrogens (primary N) is 1. The van der Waals surface area contributed by atoms with Gasteiger partial charge in [-0.05, 0) is 20.3 Å². The maximum Gasteiger partial charge on any atom is 0.360 e. The second-order valence-corrected chi connectivity index (χ2v) is 4.83. The van der Waals surface area contributed by atoms with Crippen molar-refractivity contribution in [2.75, 3.05) is 24.6 Å². The van der Waals surface area contributed by atoms with Gasteiger partial charge in [0.25, 0.3) is 6.01 Å². The van der Waals surface area contributed by atoms with E-state index >= 15 is 0 Å². The number of amides is 1. The van der Waals surface area contributed by atoms with Crippen LogP contribution >= 0.6 is 0 Å². The van der Waals surface area contributed by atoms with Gasteiger partial charge in [0.05, 0.1) is 12.0 Å². The van der Waals surface area contributed by atoms with Crippen LogP contribution in [0.25, 0.3) is 0 Å². The molecule has 2 N–H and O–H groups in total. The van der Waals surface area contributed by atoms with Gasteiger partial charge in [-0.25, -0.2) is 4.79 Å². The third-order valence-electron chi connectivity index (χ3n) is 3.32. The predicted octanol–water partition coefficient (Wildman–Crippen LogP) is 0.553. The van der Waals surface area contributed by atoms with Gasteiger partial charge in [-0.1, -0.05) is 0 Å². The van der Waals surface area contributed by atoms with Crippen LogP contribution in [0.2, 0.25) is 0 Å². The predicted molar refractivity (Wildman–Crippen MR) is 66.6 cm³/mol. The highest BCUT2D eigenvalue weighted by Crippen LogP contribution is 2.32. The molecule has 7 heteroatoms. The van der Waals surface area contributed by atoms with Gasteiger partial charge in [0.2, 0.25) is 5.91 Å². The summed E-state index contributed by atoms with van der Waals surface area (Å²) in [7, 11) is 0. The summed E-state index contributed by atoms with van der Waals surface area (Å²) in [5.74, 6) is -0.860. The zero-order valence-corrected chi connectivity index (χ0v) is 11.0. The average Bonchev–Trinajstić information content (AvgIpc) is 2.96. The number of aromatic nitrogens is 1. The number of hydrogen-bond donors (Lipinski definition) is 1. The monoisotopic (exact) mass is 267 g/mol. The second-order valence-electron chi connectivity index (χ2n) is 4.83. The number of carbonyl (C=O) groups excluding carboxylic acids is 2. The van der Waals surface area contributed by atoms with Crippen LogP contribution in [0.4, 0.5) is 6.01 Å². The van der Waals surface area contributed by atoms with E-state index in [2.05, 4.69) is 4.98 Å². The van der Waals surface area contributed by atoms with Crippen molar-refractivity contribution in [3.8, 4) is 0 Å². The zero-order chi connectivity index (χ0) is 14.0. The molecule has 104 valence electrons. The van der Waals surface area contributed by atoms with Crippen molar-refractivity contribution < 1.29 is 18.7 Å². The van der Waals surface area contributed by atoms with Crippen molar-refractivity contribution in [2.45, 2.75) is 20.3 Å². The van der Waals surface area contributed by atoms with E-state index in [0.717, 1.165) is 0 Å². The topological polar surface area (TPSA) is 98.7 Å². The second kappa shape index (κ2) is 4.91. The Hall–Kier alpha value is -2.05. The van der Waals surface area contributed by atoms with Crippen LogP contribution in [-0.2, 0) is 9.53 Å². The molecule has 1 unspecified atom stereocenters. The van der Waals surface area contributed by atoms with Crippen molar-refractivity contribution in [1.82, 2.24) is 4.98 Å². The molecule has 7 nitrogen and oxygen atoms in total. The van der Waals surface area contributed by atoms with Gasteiger partial charge in [0, 0.05) is 13.1 Å². The van der Waals surface area contributed by atoms with E-state index in [0.29, 0.717) is 25.5 Å². The molecule has 2 heterocycles. The number of rotatable bonds is 4. The lowest BCUT2D eigenvalue weighted by Gasteiger charge is -2.19. The smallest absolute Gasteiger partial charge is 0.360 e. The summed E-state index contributed by atoms with van der Waals surface area (Å²) in [6, 6.07) is 0.313. The molecule has 0 bridgehead atoms. The minimum absolute atomic E-state index is 0.129. The lowest BCUT2D eigenvalue weighted by Crippen LogP contribution is -2.37. The molecule has 1 aromatic heterocycles. The molecule has 2 rings (SSSR count). The van der Waals surface area contributed by atoms with Gasteiger partial charge in [0.1, 0.15) is 6.26 Å². The molecule has 1 atom stereocenters. The van der Waals surface area contributed by atoms with Crippen molar-refractivity contribution in [1.29, 1.82) is 0 Å². The first kappa shape index (κ1) is 13.4. The SMILES string of the molecule is CCOC(=O)c1coc(N2CCC(C)(C(N)=O)C2)n1. The summed E-state index contributed by atoms with van der Waals surface area (Å²) < 4.78 is 10.1. The summed E-state index contributed by atoms with van der Waals surface area (Å²) in [5, 5.41) is 0. The Morgan fingerprint density at radius 3 is 2.95 bits per heavy atom. The van der Waals surface area contributed by atoms with Gasteiger partial charge < -0.3 is 19.8 Å². The minimum atomic E-state index is -0.585. The quantitative estimate of drug-likeness (QED) is 0.800. The Bertz CT molecular complexity index is 499. The molecule has 0 spiro atoms. The molecular weight excluding hydrogens is 250 g/mol. The molecule has 0 radical (unpaired) electrons. The highest BCUT2D eigenvalue weighted by atomic mass is 16.5. The summed E-state index contributed by atoms with van der Waals surface area (Å²) in [6.07, 6.45) is 1.90. The molecule has 1 amide bonds. The van der Waals surface area contributed by atoms with E-state index in [9.17, 15) is 9.59 Å². The standard InChI is InChI=1S/C12H17N3O4/c1-3-18-9(16)8-6-19-11(14-8)15-5-4-12(2,7-15)10(13)17/h6H,3-5,7H2,1-2H3,(H2,13,17). The van der Waals surface area contributed by atoms with E-state index < -0.39 is 11.4 Å². The highest BCUT2D eigenvalue weighted by Gasteiger charge is 2.40. The fourth-order valence-electron chi connectivity index (χ4n) is 2.03. The maximum atomic E-state index is 11.5. The molecule has 19 heavy (non-hydrogen) atoms. The number of hydrogen-bond acceptors (Lipinski definition) is 6. The summed E-state index contributed by atoms with van der Waals surface area (Å²) >= 11 is 0. The number of primary amides is 1. The number of anilines is 1. The van der Waals surface area contributed by atoms with Gasteiger partial charge in [-0.15, -0.1) is 0 Å². The third kappa shape index (κ3) is 2.54. The van der Waals surface area contributed by atoms with Gasteiger partial charge >= 0.3 is 5.97 Å². The Labute approximate surface area is 110 Å². The number of oxazole rings is 1. The van der Waals surface area contributed by atoms with Crippen LogP contribution < -0.4 is 10.6 Å². The number of esters is 1. The van der Waals surface area contributed by atoms with Crippen molar-refractivity contribution >= 4 is 17.9 Å². The number of nitrogens with zero attached hydrogens (tertiary/aromatic N) is 2. The molecule has 0 aromatic carbocycles. The first-order valence-corrected chi connectivity index (χ1v) is 6.14. The normalized spacial score (nSPS) is 22.5. The molecule has 1 fully saturated rings. The Balaban J connectivity index is 2.09. The number of ether oxygens (including phenoxy) is 1. The van der Waals surface area contributed by atoms with Crippen LogP contribution in [0, 0.1) is 5.41 Å². The minimum Gasteiger partial charge on any atom is -0.461 e. The average molecular weight is 267 g/mol. The highest BCUT2D eigenvalue weighted by molar-refractivity contribution is 5.87. The van der Waals surface area contributed by atoms with E-state index in [1.54, 1.807) is 11.8 Å². The molecular formula is C12H17N3O4. The number of carbonyl (C=O) groups is 2. The van der Waals surface area contributed by atoms with E-state index in [-0.39, 0.29) is 18.2 Å². The molecule has 1 saturated heterocycles. The molecule has 1 aliphatic heterocycles. The summed E-state index contributed by atoms with van der Waals surface area (Å²) in [5.41, 5.74) is 4.92. The van der Waals surface area contributed by atoms with Crippen LogP contribution in [-0.4, -0.2) is 36.6 Å². The fraction of sp³-hybridized carbons (Fsp3) is 0.583. The summed E-state index contributed by atoms with van der Waals surface area (Å²) in [6.45, 7) is 4.86. The molecule has 0 aliphatic carbocycles. The van der Waals surface area contributed by atoms with Crippen molar-refractivity contribution in [2.24, 2.45) is 11.1 Å². The first-order valence-electron chi connectivity index (χ1n) is 6.14. The van der Waals surface area contributed by atoms with Gasteiger partial charge in [0.15, 0.2) is 5.69 Å². The fourth-order valence-corrected chi connectivity index (χ4v) is 2.03. The van der Waals surface area contributed by atoms with Gasteiger partial charge in [-0.3, -0.25) is 4.79 Å². The van der Waals surface area contributed by atoms with Crippen LogP contribution in [0.5, 0.6) is 0 Å². The molecule has 0 saturated carbocycles. The van der Waals surface area contributed by atoms with Crippen LogP contribution in [0.1, 0.15) is 30.8 Å². The Kier molecular flexibility index (Phi) is 3.46. The Morgan fingerprint density at radius 2 is 2.37 bits per heavy atom. The lowest BCUT2D eigenvalue weighted by molar-refractivity contribution is -0.125.